The minimum absolute atomic E-state index is 0.0716. The van der Waals surface area contributed by atoms with Crippen LogP contribution in [0.15, 0.2) is 35.4 Å². The molecule has 1 amide bonds. The topological polar surface area (TPSA) is 139 Å². The third kappa shape index (κ3) is 5.21. The molecule has 2 atom stereocenters. The SMILES string of the molecule is CS(=O)(=O)c1cc(F)c(-c2nc(C(=O)Nc3cnc4c(c3N3CCCC(N)C3)CCC4O)ccc2F)c(F)c1. The second kappa shape index (κ2) is 10.2. The summed E-state index contributed by atoms with van der Waals surface area (Å²) in [6.45, 7) is 1.22. The van der Waals surface area contributed by atoms with Crippen LogP contribution in [0.1, 0.15) is 47.1 Å². The van der Waals surface area contributed by atoms with E-state index in [-0.39, 0.29) is 11.7 Å². The van der Waals surface area contributed by atoms with Crippen molar-refractivity contribution in [1.29, 1.82) is 0 Å². The minimum Gasteiger partial charge on any atom is -0.387 e. The van der Waals surface area contributed by atoms with Crippen molar-refractivity contribution in [3.05, 3.63) is 64.9 Å². The molecule has 3 aromatic rings. The van der Waals surface area contributed by atoms with Gasteiger partial charge in [-0.25, -0.2) is 26.6 Å². The molecule has 9 nitrogen and oxygen atoms in total. The van der Waals surface area contributed by atoms with Gasteiger partial charge in [-0.1, -0.05) is 0 Å². The number of hydrogen-bond donors (Lipinski definition) is 3. The number of fused-ring (bicyclic) bond motifs is 1. The monoisotopic (exact) mass is 561 g/mol. The van der Waals surface area contributed by atoms with Crippen molar-refractivity contribution >= 4 is 27.1 Å². The van der Waals surface area contributed by atoms with Gasteiger partial charge in [0.15, 0.2) is 9.84 Å². The average Bonchev–Trinajstić information content (AvgIpc) is 3.24. The molecule has 206 valence electrons. The maximum atomic E-state index is 14.8. The first-order chi connectivity index (χ1) is 18.4. The summed E-state index contributed by atoms with van der Waals surface area (Å²) in [7, 11) is -3.93. The van der Waals surface area contributed by atoms with Crippen LogP contribution in [-0.4, -0.2) is 54.8 Å². The zero-order valence-corrected chi connectivity index (χ0v) is 21.7. The van der Waals surface area contributed by atoms with Crippen LogP contribution in [0.25, 0.3) is 11.3 Å². The lowest BCUT2D eigenvalue weighted by Crippen LogP contribution is -2.43. The molecule has 0 radical (unpaired) electrons. The molecule has 3 heterocycles. The lowest BCUT2D eigenvalue weighted by atomic mass is 10.0. The van der Waals surface area contributed by atoms with E-state index in [1.54, 1.807) is 0 Å². The van der Waals surface area contributed by atoms with Gasteiger partial charge in [0.25, 0.3) is 5.91 Å². The summed E-state index contributed by atoms with van der Waals surface area (Å²) in [5.41, 5.74) is 6.54. The first kappa shape index (κ1) is 27.0. The number of aliphatic hydroxyl groups is 1. The highest BCUT2D eigenvalue weighted by Crippen LogP contribution is 2.41. The van der Waals surface area contributed by atoms with E-state index < -0.39 is 55.5 Å². The van der Waals surface area contributed by atoms with Crippen LogP contribution in [0, 0.1) is 17.5 Å². The van der Waals surface area contributed by atoms with Crippen molar-refractivity contribution in [3.8, 4) is 11.3 Å². The van der Waals surface area contributed by atoms with Crippen LogP contribution in [0.2, 0.25) is 0 Å². The third-order valence-electron chi connectivity index (χ3n) is 6.95. The van der Waals surface area contributed by atoms with E-state index >= 15 is 0 Å². The number of pyridine rings is 2. The second-order valence-electron chi connectivity index (χ2n) is 9.80. The van der Waals surface area contributed by atoms with Crippen LogP contribution < -0.4 is 16.0 Å². The Balaban J connectivity index is 1.52. The fourth-order valence-corrected chi connectivity index (χ4v) is 5.73. The Morgan fingerprint density at radius 2 is 1.87 bits per heavy atom. The van der Waals surface area contributed by atoms with E-state index in [1.165, 1.54) is 6.20 Å². The molecular weight excluding hydrogens is 535 g/mol. The number of benzene rings is 1. The van der Waals surface area contributed by atoms with Crippen LogP contribution in [0.3, 0.4) is 0 Å². The molecule has 1 saturated heterocycles. The van der Waals surface area contributed by atoms with Gasteiger partial charge in [-0.05, 0) is 49.9 Å². The smallest absolute Gasteiger partial charge is 0.274 e. The molecule has 13 heteroatoms. The van der Waals surface area contributed by atoms with E-state index in [0.717, 1.165) is 36.8 Å². The number of carbonyl (C=O) groups excluding carboxylic acids is 1. The molecule has 5 rings (SSSR count). The number of anilines is 2. The molecule has 4 N–H and O–H groups in total. The lowest BCUT2D eigenvalue weighted by molar-refractivity contribution is 0.102. The summed E-state index contributed by atoms with van der Waals surface area (Å²) in [6.07, 6.45) is 4.22. The van der Waals surface area contributed by atoms with Crippen LogP contribution in [0.5, 0.6) is 0 Å². The molecule has 0 spiro atoms. The van der Waals surface area contributed by atoms with Crippen molar-refractivity contribution in [2.45, 2.75) is 42.7 Å². The Morgan fingerprint density at radius 3 is 2.54 bits per heavy atom. The van der Waals surface area contributed by atoms with Crippen molar-refractivity contribution in [2.24, 2.45) is 5.73 Å². The molecular formula is C26H26F3N5O4S. The summed E-state index contributed by atoms with van der Waals surface area (Å²) in [5, 5.41) is 13.1. The molecule has 0 saturated carbocycles. The fraction of sp³-hybridized carbons (Fsp3) is 0.346. The number of halogens is 3. The molecule has 0 bridgehead atoms. The summed E-state index contributed by atoms with van der Waals surface area (Å²) in [4.78, 5) is 22.9. The largest absolute Gasteiger partial charge is 0.387 e. The average molecular weight is 562 g/mol. The Hall–Kier alpha value is -3.55. The molecule has 1 fully saturated rings. The number of aliphatic hydroxyl groups excluding tert-OH is 1. The van der Waals surface area contributed by atoms with Crippen LogP contribution >= 0.6 is 0 Å². The van der Waals surface area contributed by atoms with Gasteiger partial charge in [-0.2, -0.15) is 0 Å². The Morgan fingerprint density at radius 1 is 1.15 bits per heavy atom. The highest BCUT2D eigenvalue weighted by molar-refractivity contribution is 7.90. The number of nitrogens with two attached hydrogens (primary N) is 1. The van der Waals surface area contributed by atoms with E-state index in [1.807, 2.05) is 4.90 Å². The van der Waals surface area contributed by atoms with Crippen LogP contribution in [0.4, 0.5) is 24.5 Å². The first-order valence-electron chi connectivity index (χ1n) is 12.3. The number of nitrogens with one attached hydrogen (secondary N) is 1. The first-order valence-corrected chi connectivity index (χ1v) is 14.2. The lowest BCUT2D eigenvalue weighted by Gasteiger charge is -2.35. The highest BCUT2D eigenvalue weighted by atomic mass is 32.2. The van der Waals surface area contributed by atoms with Gasteiger partial charge in [-0.15, -0.1) is 0 Å². The summed E-state index contributed by atoms with van der Waals surface area (Å²) in [5.74, 6) is -4.57. The maximum Gasteiger partial charge on any atom is 0.274 e. The van der Waals surface area contributed by atoms with E-state index in [4.69, 9.17) is 5.73 Å². The molecule has 2 unspecified atom stereocenters. The number of piperidine rings is 1. The van der Waals surface area contributed by atoms with E-state index in [9.17, 15) is 31.5 Å². The van der Waals surface area contributed by atoms with Crippen molar-refractivity contribution in [3.63, 3.8) is 0 Å². The number of hydrogen-bond acceptors (Lipinski definition) is 8. The Kier molecular flexibility index (Phi) is 7.08. The fourth-order valence-electron chi connectivity index (χ4n) is 5.09. The summed E-state index contributed by atoms with van der Waals surface area (Å²) in [6, 6.07) is 2.99. The summed E-state index contributed by atoms with van der Waals surface area (Å²) < 4.78 is 67.7. The number of aromatic nitrogens is 2. The van der Waals surface area contributed by atoms with Gasteiger partial charge in [-0.3, -0.25) is 9.78 Å². The third-order valence-corrected chi connectivity index (χ3v) is 8.04. The zero-order chi connectivity index (χ0) is 28.1. The molecule has 2 aliphatic rings. The number of rotatable bonds is 5. The second-order valence-corrected chi connectivity index (χ2v) is 11.8. The molecule has 1 aliphatic heterocycles. The number of sulfone groups is 1. The van der Waals surface area contributed by atoms with Gasteiger partial charge in [0.2, 0.25) is 0 Å². The van der Waals surface area contributed by atoms with E-state index in [2.05, 4.69) is 15.3 Å². The quantitative estimate of drug-likeness (QED) is 0.432. The molecule has 1 aromatic carbocycles. The predicted octanol–water partition coefficient (Wildman–Crippen LogP) is 3.12. The van der Waals surface area contributed by atoms with Gasteiger partial charge in [0.1, 0.15) is 28.8 Å². The normalized spacial score (nSPS) is 19.2. The van der Waals surface area contributed by atoms with Crippen molar-refractivity contribution in [1.82, 2.24) is 9.97 Å². The van der Waals surface area contributed by atoms with Gasteiger partial charge in [0.05, 0.1) is 39.8 Å². The van der Waals surface area contributed by atoms with Crippen LogP contribution in [-0.2, 0) is 16.3 Å². The molecule has 39 heavy (non-hydrogen) atoms. The Labute approximate surface area is 222 Å². The molecule has 1 aliphatic carbocycles. The Bertz CT molecular complexity index is 1560. The minimum atomic E-state index is -3.93. The van der Waals surface area contributed by atoms with Gasteiger partial charge < -0.3 is 21.1 Å². The van der Waals surface area contributed by atoms with E-state index in [0.29, 0.717) is 55.1 Å². The number of nitrogens with zero attached hydrogens (tertiary/aromatic N) is 3. The zero-order valence-electron chi connectivity index (χ0n) is 20.9. The van der Waals surface area contributed by atoms with Gasteiger partial charge in [0, 0.05) is 31.0 Å². The predicted molar refractivity (Wildman–Crippen MR) is 138 cm³/mol. The maximum absolute atomic E-state index is 14.8. The highest BCUT2D eigenvalue weighted by Gasteiger charge is 2.31. The van der Waals surface area contributed by atoms with Crippen molar-refractivity contribution in [2.75, 3.05) is 29.6 Å². The number of amides is 1. The molecule has 2 aromatic heterocycles. The van der Waals surface area contributed by atoms with Crippen molar-refractivity contribution < 1.29 is 31.5 Å². The number of carbonyl (C=O) groups is 1. The standard InChI is InChI=1S/C26H26F3N5O4S/c1-39(37,38)14-9-17(28)22(18(29)10-14)24-16(27)5-6-19(32-24)26(36)33-20-11-31-23-15(4-7-21(23)35)25(20)34-8-2-3-13(30)12-34/h5-6,9-11,13,21,35H,2-4,7-8,12,30H2,1H3,(H,33,36). The van der Waals surface area contributed by atoms with Gasteiger partial charge >= 0.3 is 0 Å². The summed E-state index contributed by atoms with van der Waals surface area (Å²) >= 11 is 0.